The molecule has 0 spiro atoms. The standard InChI is InChI=1S/C36H48N8O9S/c1-35(2,50)29-20-38-42-44(29)25-19-28(33(48)40-36(30(45)31(37)46)14-16-53-17-15-36)43(21-25)34(49)27(18-22-6-4-3-5-7-22)39-32(47)23-8-12-26(13-9-23)54(51,52)41-24-10-11-24/h8-9,12-13,20,22,24-25,28,41,50H,3-7,10-11,14-19,21H2,1-2H3,(H2,37,46)(H,40,48)/t25-,28-/m0/s1. The normalized spacial score (nSPS) is 22.5. The molecular weight excluding hydrogens is 721 g/mol. The van der Waals surface area contributed by atoms with Crippen LogP contribution in [0.3, 0.4) is 0 Å². The summed E-state index contributed by atoms with van der Waals surface area (Å²) in [7, 11) is -3.76. The summed E-state index contributed by atoms with van der Waals surface area (Å²) in [5.74, 6) is -4.27. The molecule has 2 aliphatic heterocycles. The van der Waals surface area contributed by atoms with E-state index in [0.717, 1.165) is 44.9 Å². The van der Waals surface area contributed by atoms with Crippen LogP contribution in [0, 0.1) is 5.92 Å². The van der Waals surface area contributed by atoms with E-state index in [-0.39, 0.29) is 73.6 Å². The highest BCUT2D eigenvalue weighted by Crippen LogP contribution is 2.34. The molecule has 3 heterocycles. The number of carbonyl (C=O) groups excluding carboxylic acids is 5. The van der Waals surface area contributed by atoms with Crippen molar-refractivity contribution >= 4 is 45.1 Å². The quantitative estimate of drug-likeness (QED) is 0.166. The summed E-state index contributed by atoms with van der Waals surface area (Å²) in [5, 5.41) is 21.8. The molecule has 292 valence electrons. The topological polar surface area (TPSA) is 245 Å². The van der Waals surface area contributed by atoms with Crippen LogP contribution >= 0.6 is 0 Å². The van der Waals surface area contributed by atoms with Crippen LogP contribution in [0.4, 0.5) is 0 Å². The van der Waals surface area contributed by atoms with E-state index in [9.17, 15) is 37.5 Å². The van der Waals surface area contributed by atoms with E-state index in [1.54, 1.807) is 13.8 Å². The lowest BCUT2D eigenvalue weighted by atomic mass is 9.84. The van der Waals surface area contributed by atoms with Crippen molar-refractivity contribution in [2.75, 3.05) is 19.8 Å². The first-order valence-electron chi connectivity index (χ1n) is 18.5. The maximum Gasteiger partial charge on any atom is 0.287 e. The average molecular weight is 769 g/mol. The Morgan fingerprint density at radius 1 is 1.04 bits per heavy atom. The number of benzene rings is 1. The van der Waals surface area contributed by atoms with Crippen LogP contribution < -0.4 is 15.8 Å². The van der Waals surface area contributed by atoms with Gasteiger partial charge in [0, 0.05) is 50.6 Å². The molecule has 18 heteroatoms. The number of rotatable bonds is 13. The molecule has 1 aromatic carbocycles. The minimum atomic E-state index is -3.76. The zero-order valence-corrected chi connectivity index (χ0v) is 31.3. The highest BCUT2D eigenvalue weighted by Gasteiger charge is 2.49. The first-order valence-corrected chi connectivity index (χ1v) is 20.0. The number of likely N-dealkylation sites (tertiary alicyclic amines) is 1. The Bertz CT molecular complexity index is 1910. The van der Waals surface area contributed by atoms with Gasteiger partial charge in [0.15, 0.2) is 0 Å². The van der Waals surface area contributed by atoms with Crippen LogP contribution in [0.25, 0.3) is 0 Å². The number of hydrogen-bond donors (Lipinski definition) is 4. The Morgan fingerprint density at radius 2 is 1.70 bits per heavy atom. The van der Waals surface area contributed by atoms with E-state index in [1.165, 1.54) is 40.0 Å². The monoisotopic (exact) mass is 768 g/mol. The molecule has 0 radical (unpaired) electrons. The summed E-state index contributed by atoms with van der Waals surface area (Å²) < 4.78 is 34.9. The van der Waals surface area contributed by atoms with Gasteiger partial charge in [0.2, 0.25) is 21.7 Å². The van der Waals surface area contributed by atoms with Gasteiger partial charge >= 0.3 is 0 Å². The van der Waals surface area contributed by atoms with Gasteiger partial charge in [-0.15, -0.1) is 5.10 Å². The van der Waals surface area contributed by atoms with Crippen LogP contribution in [0.15, 0.2) is 40.4 Å². The minimum Gasteiger partial charge on any atom is -0.384 e. The van der Waals surface area contributed by atoms with E-state index >= 15 is 0 Å². The number of aromatic nitrogens is 3. The summed E-state index contributed by atoms with van der Waals surface area (Å²) in [6.45, 7) is 3.21. The van der Waals surface area contributed by atoms with Gasteiger partial charge in [-0.2, -0.15) is 0 Å². The molecule has 2 saturated carbocycles. The Morgan fingerprint density at radius 3 is 2.31 bits per heavy atom. The third-order valence-corrected chi connectivity index (χ3v) is 12.3. The first kappa shape index (κ1) is 39.3. The number of primary amides is 1. The molecule has 2 saturated heterocycles. The number of nitrogens with zero attached hydrogens (tertiary/aromatic N) is 5. The SMILES string of the molecule is CC(C)(O)c1cnnn1[C@H]1C[C@@H](C(=O)NC2(C(=O)C(N)=O)CCOCC2)N(C(=O)C(CC2CCCCC2)=NC(=O)c2ccc(S(=O)(=O)NC3CC3)cc2)C1. The van der Waals surface area contributed by atoms with Crippen LogP contribution in [0.5, 0.6) is 0 Å². The van der Waals surface area contributed by atoms with Gasteiger partial charge in [-0.25, -0.2) is 22.8 Å². The van der Waals surface area contributed by atoms with Crippen molar-refractivity contribution in [3.8, 4) is 0 Å². The summed E-state index contributed by atoms with van der Waals surface area (Å²) in [4.78, 5) is 73.6. The first-order chi connectivity index (χ1) is 25.6. The second-order valence-corrected chi connectivity index (χ2v) is 17.1. The maximum absolute atomic E-state index is 14.7. The summed E-state index contributed by atoms with van der Waals surface area (Å²) in [6, 6.07) is 3.38. The van der Waals surface area contributed by atoms with Crippen molar-refractivity contribution in [3.05, 3.63) is 41.7 Å². The number of aliphatic imine (C=N–C) groups is 1. The van der Waals surface area contributed by atoms with Gasteiger partial charge in [-0.1, -0.05) is 37.3 Å². The molecule has 4 amide bonds. The molecule has 4 aliphatic rings. The molecule has 0 unspecified atom stereocenters. The Labute approximate surface area is 313 Å². The van der Waals surface area contributed by atoms with Gasteiger partial charge in [0.05, 0.1) is 22.8 Å². The smallest absolute Gasteiger partial charge is 0.287 e. The second-order valence-electron chi connectivity index (χ2n) is 15.4. The molecular formula is C36H48N8O9S. The number of nitrogens with one attached hydrogen (secondary N) is 2. The maximum atomic E-state index is 14.7. The summed E-state index contributed by atoms with van der Waals surface area (Å²) in [5.41, 5.74) is 2.75. The fourth-order valence-corrected chi connectivity index (χ4v) is 8.87. The lowest BCUT2D eigenvalue weighted by molar-refractivity contribution is -0.146. The molecule has 2 atom stereocenters. The number of sulfonamides is 1. The van der Waals surface area contributed by atoms with Gasteiger partial charge < -0.3 is 25.8 Å². The van der Waals surface area contributed by atoms with Crippen molar-refractivity contribution in [1.29, 1.82) is 0 Å². The third kappa shape index (κ3) is 8.77. The lowest BCUT2D eigenvalue weighted by Crippen LogP contribution is -2.63. The zero-order valence-electron chi connectivity index (χ0n) is 30.5. The molecule has 17 nitrogen and oxygen atoms in total. The number of amides is 4. The Balaban J connectivity index is 1.34. The summed E-state index contributed by atoms with van der Waals surface area (Å²) >= 11 is 0. The highest BCUT2D eigenvalue weighted by atomic mass is 32.2. The molecule has 54 heavy (non-hydrogen) atoms. The van der Waals surface area contributed by atoms with E-state index < -0.39 is 62.7 Å². The predicted molar refractivity (Wildman–Crippen MR) is 192 cm³/mol. The zero-order chi connectivity index (χ0) is 38.8. The summed E-state index contributed by atoms with van der Waals surface area (Å²) in [6.07, 6.45) is 7.68. The average Bonchev–Trinajstić information content (AvgIpc) is 3.59. The molecule has 1 aromatic heterocycles. The van der Waals surface area contributed by atoms with E-state index in [1.807, 2.05) is 0 Å². The fraction of sp³-hybridized carbons (Fsp3) is 0.611. The van der Waals surface area contributed by atoms with Crippen LogP contribution in [-0.4, -0.2) is 106 Å². The van der Waals surface area contributed by atoms with Crippen molar-refractivity contribution in [2.45, 2.75) is 119 Å². The fourth-order valence-electron chi connectivity index (χ4n) is 7.56. The van der Waals surface area contributed by atoms with Crippen LogP contribution in [0.1, 0.15) is 107 Å². The number of carbonyl (C=O) groups is 5. The van der Waals surface area contributed by atoms with Crippen molar-refractivity contribution in [1.82, 2.24) is 29.9 Å². The van der Waals surface area contributed by atoms with Crippen molar-refractivity contribution < 1.29 is 42.2 Å². The van der Waals surface area contributed by atoms with E-state index in [0.29, 0.717) is 5.69 Å². The number of ketones is 1. The third-order valence-electron chi connectivity index (χ3n) is 10.8. The molecule has 0 bridgehead atoms. The number of Topliss-reactive ketones (excluding diaryl/α,β-unsaturated/α-hetero) is 1. The van der Waals surface area contributed by atoms with Crippen LogP contribution in [-0.2, 0) is 39.5 Å². The molecule has 4 fully saturated rings. The molecule has 6 rings (SSSR count). The van der Waals surface area contributed by atoms with Crippen LogP contribution in [0.2, 0.25) is 0 Å². The van der Waals surface area contributed by atoms with Gasteiger partial charge in [0.1, 0.15) is 22.9 Å². The molecule has 5 N–H and O–H groups in total. The largest absolute Gasteiger partial charge is 0.384 e. The number of aliphatic hydroxyl groups is 1. The molecule has 2 aromatic rings. The number of ether oxygens (including phenoxy) is 1. The van der Waals surface area contributed by atoms with Gasteiger partial charge in [-0.05, 0) is 63.3 Å². The minimum absolute atomic E-state index is 0.000974. The van der Waals surface area contributed by atoms with E-state index in [2.05, 4.69) is 25.3 Å². The predicted octanol–water partition coefficient (Wildman–Crippen LogP) is 1.06. The van der Waals surface area contributed by atoms with Crippen molar-refractivity contribution in [3.63, 3.8) is 0 Å². The van der Waals surface area contributed by atoms with E-state index in [4.69, 9.17) is 10.5 Å². The Kier molecular flexibility index (Phi) is 11.5. The van der Waals surface area contributed by atoms with Crippen molar-refractivity contribution in [2.24, 2.45) is 16.6 Å². The van der Waals surface area contributed by atoms with Gasteiger partial charge in [-0.3, -0.25) is 24.0 Å². The Hall–Kier alpha value is -4.39. The lowest BCUT2D eigenvalue weighted by Gasteiger charge is -2.37. The number of nitrogens with two attached hydrogens (primary N) is 1. The highest BCUT2D eigenvalue weighted by molar-refractivity contribution is 7.89. The molecule has 2 aliphatic carbocycles. The van der Waals surface area contributed by atoms with Gasteiger partial charge in [0.25, 0.3) is 17.7 Å². The number of hydrogen-bond acceptors (Lipinski definition) is 11. The second kappa shape index (κ2) is 15.8.